The molecule has 1 unspecified atom stereocenters. The maximum Gasteiger partial charge on any atom is 0.130 e. The summed E-state index contributed by atoms with van der Waals surface area (Å²) in [7, 11) is 0. The molecular weight excluding hydrogens is 347 g/mol. The fraction of sp³-hybridized carbons (Fsp3) is 0.200. The molecule has 0 amide bonds. The molecule has 0 saturated heterocycles. The Kier molecular flexibility index (Phi) is 5.02. The number of aliphatic hydroxyl groups is 1. The van der Waals surface area contributed by atoms with E-state index in [1.54, 1.807) is 24.3 Å². The molecule has 1 N–H and O–H groups in total. The van der Waals surface area contributed by atoms with Gasteiger partial charge in [0, 0.05) is 15.1 Å². The van der Waals surface area contributed by atoms with Crippen molar-refractivity contribution in [3.05, 3.63) is 62.8 Å². The quantitative estimate of drug-likeness (QED) is 0.856. The van der Waals surface area contributed by atoms with E-state index in [0.717, 1.165) is 0 Å². The summed E-state index contributed by atoms with van der Waals surface area (Å²) in [6, 6.07) is 9.46. The minimum Gasteiger partial charge on any atom is -0.494 e. The van der Waals surface area contributed by atoms with Crippen LogP contribution in [0.3, 0.4) is 0 Å². The van der Waals surface area contributed by atoms with Crippen molar-refractivity contribution in [2.75, 3.05) is 6.61 Å². The molecule has 0 saturated carbocycles. The highest BCUT2D eigenvalue weighted by atomic mass is 79.9. The Bertz CT molecular complexity index is 599. The summed E-state index contributed by atoms with van der Waals surface area (Å²) < 4.78 is 19.8. The van der Waals surface area contributed by atoms with E-state index in [-0.39, 0.29) is 10.6 Å². The molecule has 106 valence electrons. The fourth-order valence-corrected chi connectivity index (χ4v) is 2.75. The first-order chi connectivity index (χ1) is 9.54. The minimum absolute atomic E-state index is 0.0685. The molecule has 0 aliphatic rings. The highest BCUT2D eigenvalue weighted by Crippen LogP contribution is 2.35. The van der Waals surface area contributed by atoms with Gasteiger partial charge in [-0.05, 0) is 36.8 Å². The van der Waals surface area contributed by atoms with Crippen LogP contribution in [0.2, 0.25) is 5.02 Å². The molecule has 2 nitrogen and oxygen atoms in total. The van der Waals surface area contributed by atoms with Gasteiger partial charge < -0.3 is 9.84 Å². The van der Waals surface area contributed by atoms with Crippen LogP contribution in [0.25, 0.3) is 0 Å². The SMILES string of the molecule is CCOc1ccc(C(O)c2c(F)cccc2Cl)c(Br)c1. The first-order valence-electron chi connectivity index (χ1n) is 6.08. The zero-order chi connectivity index (χ0) is 14.7. The van der Waals surface area contributed by atoms with Crippen molar-refractivity contribution in [3.63, 3.8) is 0 Å². The van der Waals surface area contributed by atoms with Crippen molar-refractivity contribution >= 4 is 27.5 Å². The van der Waals surface area contributed by atoms with Gasteiger partial charge in [0.05, 0.1) is 6.61 Å². The number of ether oxygens (including phenoxy) is 1. The predicted molar refractivity (Wildman–Crippen MR) is 80.8 cm³/mol. The van der Waals surface area contributed by atoms with E-state index in [2.05, 4.69) is 15.9 Å². The summed E-state index contributed by atoms with van der Waals surface area (Å²) in [4.78, 5) is 0. The smallest absolute Gasteiger partial charge is 0.130 e. The average Bonchev–Trinajstić information content (AvgIpc) is 2.38. The summed E-state index contributed by atoms with van der Waals surface area (Å²) in [6.07, 6.45) is -1.14. The molecule has 5 heteroatoms. The van der Waals surface area contributed by atoms with Crippen LogP contribution < -0.4 is 4.74 Å². The van der Waals surface area contributed by atoms with Gasteiger partial charge in [-0.1, -0.05) is 39.7 Å². The van der Waals surface area contributed by atoms with E-state index < -0.39 is 11.9 Å². The third kappa shape index (κ3) is 3.14. The van der Waals surface area contributed by atoms with E-state index in [4.69, 9.17) is 16.3 Å². The van der Waals surface area contributed by atoms with Crippen molar-refractivity contribution in [1.82, 2.24) is 0 Å². The van der Waals surface area contributed by atoms with Gasteiger partial charge >= 0.3 is 0 Å². The first-order valence-corrected chi connectivity index (χ1v) is 7.26. The lowest BCUT2D eigenvalue weighted by atomic mass is 10.0. The molecule has 1 atom stereocenters. The van der Waals surface area contributed by atoms with Gasteiger partial charge in [-0.25, -0.2) is 4.39 Å². The van der Waals surface area contributed by atoms with Gasteiger partial charge in [-0.3, -0.25) is 0 Å². The van der Waals surface area contributed by atoms with Crippen molar-refractivity contribution in [2.45, 2.75) is 13.0 Å². The number of rotatable bonds is 4. The zero-order valence-corrected chi connectivity index (χ0v) is 13.1. The zero-order valence-electron chi connectivity index (χ0n) is 10.7. The predicted octanol–water partition coefficient (Wildman–Crippen LogP) is 4.72. The molecule has 0 fully saturated rings. The van der Waals surface area contributed by atoms with E-state index >= 15 is 0 Å². The van der Waals surface area contributed by atoms with Crippen molar-refractivity contribution in [3.8, 4) is 5.75 Å². The second-order valence-electron chi connectivity index (χ2n) is 4.15. The number of halogens is 3. The van der Waals surface area contributed by atoms with Crippen LogP contribution in [0.1, 0.15) is 24.2 Å². The summed E-state index contributed by atoms with van der Waals surface area (Å²) >= 11 is 9.33. The van der Waals surface area contributed by atoms with E-state index in [1.807, 2.05) is 6.92 Å². The number of aliphatic hydroxyl groups excluding tert-OH is 1. The Morgan fingerprint density at radius 3 is 2.70 bits per heavy atom. The van der Waals surface area contributed by atoms with Gasteiger partial charge in [0.2, 0.25) is 0 Å². The van der Waals surface area contributed by atoms with Gasteiger partial charge in [-0.2, -0.15) is 0 Å². The molecule has 0 bridgehead atoms. The van der Waals surface area contributed by atoms with Crippen LogP contribution in [0.15, 0.2) is 40.9 Å². The number of hydrogen-bond acceptors (Lipinski definition) is 2. The maximum atomic E-state index is 13.8. The van der Waals surface area contributed by atoms with Crippen molar-refractivity contribution in [2.24, 2.45) is 0 Å². The maximum absolute atomic E-state index is 13.8. The Hall–Kier alpha value is -1.10. The van der Waals surface area contributed by atoms with E-state index in [1.165, 1.54) is 12.1 Å². The van der Waals surface area contributed by atoms with Crippen LogP contribution in [-0.2, 0) is 0 Å². The lowest BCUT2D eigenvalue weighted by Gasteiger charge is -2.16. The normalized spacial score (nSPS) is 12.2. The van der Waals surface area contributed by atoms with Gasteiger partial charge in [-0.15, -0.1) is 0 Å². The molecule has 0 aromatic heterocycles. The van der Waals surface area contributed by atoms with Crippen LogP contribution >= 0.6 is 27.5 Å². The molecule has 0 aliphatic carbocycles. The molecule has 0 spiro atoms. The Morgan fingerprint density at radius 1 is 1.35 bits per heavy atom. The van der Waals surface area contributed by atoms with Gasteiger partial charge in [0.15, 0.2) is 0 Å². The van der Waals surface area contributed by atoms with Crippen molar-refractivity contribution in [1.29, 1.82) is 0 Å². The van der Waals surface area contributed by atoms with Crippen LogP contribution in [0.5, 0.6) is 5.75 Å². The van der Waals surface area contributed by atoms with Crippen LogP contribution in [0.4, 0.5) is 4.39 Å². The van der Waals surface area contributed by atoms with Crippen LogP contribution in [-0.4, -0.2) is 11.7 Å². The molecule has 0 aliphatic heterocycles. The van der Waals surface area contributed by atoms with Gasteiger partial charge in [0.25, 0.3) is 0 Å². The van der Waals surface area contributed by atoms with Crippen molar-refractivity contribution < 1.29 is 14.2 Å². The summed E-state index contributed by atoms with van der Waals surface area (Å²) in [5.74, 6) is 0.140. The lowest BCUT2D eigenvalue weighted by Crippen LogP contribution is -2.05. The average molecular weight is 360 g/mol. The standard InChI is InChI=1S/C15H13BrClFO2/c1-2-20-9-6-7-10(11(16)8-9)15(19)14-12(17)4-3-5-13(14)18/h3-8,15,19H,2H2,1H3. The minimum atomic E-state index is -1.14. The molecule has 2 aromatic carbocycles. The third-order valence-electron chi connectivity index (χ3n) is 2.85. The van der Waals surface area contributed by atoms with E-state index in [9.17, 15) is 9.50 Å². The second-order valence-corrected chi connectivity index (χ2v) is 5.42. The fourth-order valence-electron chi connectivity index (χ4n) is 1.91. The molecule has 20 heavy (non-hydrogen) atoms. The molecule has 2 aromatic rings. The molecule has 0 radical (unpaired) electrons. The molecule has 2 rings (SSSR count). The molecular formula is C15H13BrClFO2. The molecule has 0 heterocycles. The Labute approximate surface area is 130 Å². The summed E-state index contributed by atoms with van der Waals surface area (Å²) in [6.45, 7) is 2.43. The van der Waals surface area contributed by atoms with Crippen LogP contribution in [0, 0.1) is 5.82 Å². The van der Waals surface area contributed by atoms with Gasteiger partial charge in [0.1, 0.15) is 17.7 Å². The lowest BCUT2D eigenvalue weighted by molar-refractivity contribution is 0.214. The highest BCUT2D eigenvalue weighted by molar-refractivity contribution is 9.10. The Morgan fingerprint density at radius 2 is 2.10 bits per heavy atom. The second kappa shape index (κ2) is 6.57. The van der Waals surface area contributed by atoms with E-state index in [0.29, 0.717) is 22.4 Å². The highest BCUT2D eigenvalue weighted by Gasteiger charge is 2.20. The largest absolute Gasteiger partial charge is 0.494 e. The summed E-state index contributed by atoms with van der Waals surface area (Å²) in [5, 5.41) is 10.6. The first kappa shape index (κ1) is 15.3. The Balaban J connectivity index is 2.41. The number of hydrogen-bond donors (Lipinski definition) is 1. The monoisotopic (exact) mass is 358 g/mol. The topological polar surface area (TPSA) is 29.5 Å². The summed E-state index contributed by atoms with van der Waals surface area (Å²) in [5.41, 5.74) is 0.597. The third-order valence-corrected chi connectivity index (χ3v) is 3.87. The number of benzene rings is 2.